The zero-order chi connectivity index (χ0) is 18.5. The van der Waals surface area contributed by atoms with Crippen molar-refractivity contribution in [2.45, 2.75) is 39.0 Å². The van der Waals surface area contributed by atoms with E-state index < -0.39 is 27.8 Å². The van der Waals surface area contributed by atoms with Gasteiger partial charge in [0.05, 0.1) is 11.9 Å². The lowest BCUT2D eigenvalue weighted by Crippen LogP contribution is -2.46. The maximum atomic E-state index is 14.6. The highest BCUT2D eigenvalue weighted by molar-refractivity contribution is 7.92. The van der Waals surface area contributed by atoms with E-state index in [0.717, 1.165) is 10.6 Å². The largest absolute Gasteiger partial charge is 0.481 e. The summed E-state index contributed by atoms with van der Waals surface area (Å²) in [6.07, 6.45) is 0.781. The quantitative estimate of drug-likeness (QED) is 0.869. The van der Waals surface area contributed by atoms with Gasteiger partial charge in [-0.1, -0.05) is 32.0 Å². The van der Waals surface area contributed by atoms with E-state index in [1.165, 1.54) is 24.3 Å². The summed E-state index contributed by atoms with van der Waals surface area (Å²) in [5.74, 6) is -5.48. The zero-order valence-electron chi connectivity index (χ0n) is 14.0. The van der Waals surface area contributed by atoms with Gasteiger partial charge in [0.25, 0.3) is 5.92 Å². The first-order valence-corrected chi connectivity index (χ1v) is 9.65. The summed E-state index contributed by atoms with van der Waals surface area (Å²) in [7, 11) is -3.68. The summed E-state index contributed by atoms with van der Waals surface area (Å²) < 4.78 is 53.9. The lowest BCUT2D eigenvalue weighted by atomic mass is 9.86. The molecule has 0 aromatic heterocycles. The van der Waals surface area contributed by atoms with Crippen LogP contribution in [-0.4, -0.2) is 32.3 Å². The first-order chi connectivity index (χ1) is 11.1. The number of alkyl halides is 2. The van der Waals surface area contributed by atoms with Gasteiger partial charge in [0.2, 0.25) is 10.0 Å². The predicted octanol–water partition coefficient (Wildman–Crippen LogP) is 3.46. The van der Waals surface area contributed by atoms with Crippen LogP contribution in [0.1, 0.15) is 38.7 Å². The van der Waals surface area contributed by atoms with Gasteiger partial charge < -0.3 is 5.11 Å². The van der Waals surface area contributed by atoms with Gasteiger partial charge in [-0.05, 0) is 18.9 Å². The van der Waals surface area contributed by atoms with E-state index in [1.54, 1.807) is 0 Å². The Morgan fingerprint density at radius 2 is 1.92 bits per heavy atom. The topological polar surface area (TPSA) is 74.7 Å². The van der Waals surface area contributed by atoms with E-state index >= 15 is 0 Å². The average Bonchev–Trinajstić information content (AvgIpc) is 2.50. The number of rotatable bonds is 5. The summed E-state index contributed by atoms with van der Waals surface area (Å²) in [6, 6.07) is 5.53. The van der Waals surface area contributed by atoms with Gasteiger partial charge in [0.1, 0.15) is 0 Å². The summed E-state index contributed by atoms with van der Waals surface area (Å²) in [5.41, 5.74) is -0.337. The molecule has 1 heterocycles. The molecule has 1 aliphatic rings. The Morgan fingerprint density at radius 3 is 2.46 bits per heavy atom. The summed E-state index contributed by atoms with van der Waals surface area (Å²) in [6.45, 7) is 3.66. The van der Waals surface area contributed by atoms with Gasteiger partial charge in [-0.2, -0.15) is 0 Å². The Balaban J connectivity index is 0.00000139. The highest BCUT2D eigenvalue weighted by Gasteiger charge is 2.49. The second kappa shape index (κ2) is 7.92. The number of halogens is 2. The Bertz CT molecular complexity index is 676. The molecule has 0 saturated carbocycles. The lowest BCUT2D eigenvalue weighted by molar-refractivity contribution is -0.137. The molecular formula is C16H23F2NO4S. The molecule has 1 aliphatic heterocycles. The van der Waals surface area contributed by atoms with Gasteiger partial charge in [-0.3, -0.25) is 9.10 Å². The number of carboxylic acid groups (broad SMARTS) is 1. The highest BCUT2D eigenvalue weighted by Crippen LogP contribution is 2.48. The number of aliphatic carboxylic acids is 1. The molecule has 0 unspecified atom stereocenters. The Labute approximate surface area is 141 Å². The number of benzene rings is 1. The summed E-state index contributed by atoms with van der Waals surface area (Å²) >= 11 is 0. The van der Waals surface area contributed by atoms with Crippen LogP contribution in [0.5, 0.6) is 0 Å². The monoisotopic (exact) mass is 363 g/mol. The molecule has 1 atom stereocenters. The minimum Gasteiger partial charge on any atom is -0.481 e. The van der Waals surface area contributed by atoms with Crippen LogP contribution in [0.25, 0.3) is 0 Å². The molecular weight excluding hydrogens is 340 g/mol. The van der Waals surface area contributed by atoms with Crippen molar-refractivity contribution in [3.05, 3.63) is 29.8 Å². The first-order valence-electron chi connectivity index (χ1n) is 7.81. The minimum absolute atomic E-state index is 0.00974. The molecule has 8 heteroatoms. The Hall–Kier alpha value is -1.70. The zero-order valence-corrected chi connectivity index (χ0v) is 14.8. The molecule has 2 rings (SSSR count). The fraction of sp³-hybridized carbons (Fsp3) is 0.562. The fourth-order valence-corrected chi connectivity index (χ4v) is 3.66. The third-order valence-corrected chi connectivity index (χ3v) is 4.92. The van der Waals surface area contributed by atoms with Crippen LogP contribution < -0.4 is 4.31 Å². The Morgan fingerprint density at radius 1 is 1.33 bits per heavy atom. The van der Waals surface area contributed by atoms with Crippen molar-refractivity contribution in [3.8, 4) is 0 Å². The van der Waals surface area contributed by atoms with E-state index in [0.29, 0.717) is 0 Å². The fourth-order valence-electron chi connectivity index (χ4n) is 2.69. The molecule has 136 valence electrons. The molecule has 24 heavy (non-hydrogen) atoms. The number of carboxylic acids is 1. The number of hydrogen-bond donors (Lipinski definition) is 1. The van der Waals surface area contributed by atoms with E-state index in [2.05, 4.69) is 0 Å². The maximum absolute atomic E-state index is 14.6. The summed E-state index contributed by atoms with van der Waals surface area (Å²) in [5, 5.41) is 8.62. The van der Waals surface area contributed by atoms with Crippen LogP contribution in [0.3, 0.4) is 0 Å². The molecule has 0 bridgehead atoms. The molecule has 5 nitrogen and oxygen atoms in total. The average molecular weight is 363 g/mol. The van der Waals surface area contributed by atoms with Crippen molar-refractivity contribution < 1.29 is 27.1 Å². The van der Waals surface area contributed by atoms with Crippen LogP contribution in [0.4, 0.5) is 14.5 Å². The summed E-state index contributed by atoms with van der Waals surface area (Å²) in [4.78, 5) is 10.5. The number of carbonyl (C=O) groups is 1. The van der Waals surface area contributed by atoms with Crippen LogP contribution in [0.2, 0.25) is 0 Å². The molecule has 1 N–H and O–H groups in total. The number of para-hydroxylation sites is 1. The lowest BCUT2D eigenvalue weighted by Gasteiger charge is -2.39. The number of nitrogens with zero attached hydrogens (tertiary/aromatic N) is 1. The minimum atomic E-state index is -3.68. The molecule has 1 aromatic rings. The van der Waals surface area contributed by atoms with Gasteiger partial charge in [0.15, 0.2) is 0 Å². The van der Waals surface area contributed by atoms with Crippen molar-refractivity contribution in [1.29, 1.82) is 0 Å². The molecule has 0 aliphatic carbocycles. The van der Waals surface area contributed by atoms with Crippen molar-refractivity contribution in [2.24, 2.45) is 5.92 Å². The second-order valence-corrected chi connectivity index (χ2v) is 7.32. The number of sulfonamides is 1. The van der Waals surface area contributed by atoms with E-state index in [-0.39, 0.29) is 37.1 Å². The van der Waals surface area contributed by atoms with E-state index in [1.807, 2.05) is 13.8 Å². The van der Waals surface area contributed by atoms with Gasteiger partial charge >= 0.3 is 5.97 Å². The van der Waals surface area contributed by atoms with Gasteiger partial charge in [-0.25, -0.2) is 17.2 Å². The van der Waals surface area contributed by atoms with Crippen LogP contribution in [0.15, 0.2) is 24.3 Å². The first kappa shape index (κ1) is 20.3. The smallest absolute Gasteiger partial charge is 0.303 e. The van der Waals surface area contributed by atoms with Crippen molar-refractivity contribution >= 4 is 21.7 Å². The van der Waals surface area contributed by atoms with Crippen LogP contribution in [0, 0.1) is 5.92 Å². The van der Waals surface area contributed by atoms with Crippen LogP contribution >= 0.6 is 0 Å². The number of fused-ring (bicyclic) bond motifs is 1. The number of anilines is 1. The van der Waals surface area contributed by atoms with E-state index in [4.69, 9.17) is 5.11 Å². The van der Waals surface area contributed by atoms with Gasteiger partial charge in [-0.15, -0.1) is 0 Å². The third kappa shape index (κ3) is 4.43. The molecule has 0 radical (unpaired) electrons. The molecule has 0 saturated heterocycles. The molecule has 0 spiro atoms. The van der Waals surface area contributed by atoms with Crippen molar-refractivity contribution in [1.82, 2.24) is 0 Å². The highest BCUT2D eigenvalue weighted by atomic mass is 32.2. The maximum Gasteiger partial charge on any atom is 0.303 e. The standard InChI is InChI=1S/C14H17F2NO4S.C2H6/c1-22(20,21)17-9-10(5-4-8-13(18)19)14(15,16)11-6-2-3-7-12(11)17;1-2/h2-3,6-7,10H,4-5,8-9H2,1H3,(H,18,19);1-2H3/t10-;/m0./s1. The third-order valence-electron chi connectivity index (χ3n) is 3.77. The molecule has 0 amide bonds. The Kier molecular flexibility index (Phi) is 6.71. The SMILES string of the molecule is CC.CS(=O)(=O)N1C[C@H](CCCC(=O)O)C(F)(F)c2ccccc21. The normalized spacial score (nSPS) is 19.0. The second-order valence-electron chi connectivity index (χ2n) is 5.42. The van der Waals surface area contributed by atoms with Crippen molar-refractivity contribution in [2.75, 3.05) is 17.1 Å². The van der Waals surface area contributed by atoms with Crippen molar-refractivity contribution in [3.63, 3.8) is 0 Å². The number of hydrogen-bond acceptors (Lipinski definition) is 3. The molecule has 0 fully saturated rings. The van der Waals surface area contributed by atoms with E-state index in [9.17, 15) is 22.0 Å². The van der Waals surface area contributed by atoms with Crippen LogP contribution in [-0.2, 0) is 20.7 Å². The van der Waals surface area contributed by atoms with Gasteiger partial charge in [0, 0.05) is 24.4 Å². The predicted molar refractivity (Wildman–Crippen MR) is 88.9 cm³/mol. The molecule has 1 aromatic carbocycles.